The van der Waals surface area contributed by atoms with E-state index >= 15 is 0 Å². The second kappa shape index (κ2) is 4.61. The van der Waals surface area contributed by atoms with Crippen LogP contribution < -0.4 is 0 Å². The Morgan fingerprint density at radius 2 is 1.33 bits per heavy atom. The van der Waals surface area contributed by atoms with Crippen molar-refractivity contribution >= 4 is 11.9 Å². The monoisotopic (exact) mass is 216 g/mol. The Kier molecular flexibility index (Phi) is 3.68. The first-order valence-corrected chi connectivity index (χ1v) is 5.13. The van der Waals surface area contributed by atoms with Crippen LogP contribution in [-0.4, -0.2) is 34.4 Å². The van der Waals surface area contributed by atoms with Gasteiger partial charge in [0.15, 0.2) is 0 Å². The molecule has 0 saturated carbocycles. The average molecular weight is 216 g/mol. The highest BCUT2D eigenvalue weighted by Crippen LogP contribution is 2.36. The molecule has 1 fully saturated rings. The van der Waals surface area contributed by atoms with Gasteiger partial charge < -0.3 is 14.9 Å². The Bertz CT molecular complexity index is 237. The van der Waals surface area contributed by atoms with Gasteiger partial charge in [0.25, 0.3) is 0 Å². The largest absolute Gasteiger partial charge is 0.481 e. The molecule has 1 aliphatic rings. The minimum absolute atomic E-state index is 0.478. The lowest BCUT2D eigenvalue weighted by molar-refractivity contribution is -0.153. The summed E-state index contributed by atoms with van der Waals surface area (Å²) in [7, 11) is 0. The Morgan fingerprint density at radius 3 is 1.53 bits per heavy atom. The van der Waals surface area contributed by atoms with Crippen LogP contribution in [0.4, 0.5) is 0 Å². The normalized spacial score (nSPS) is 35.3. The number of carbonyl (C=O) groups is 2. The fourth-order valence-corrected chi connectivity index (χ4v) is 2.18. The summed E-state index contributed by atoms with van der Waals surface area (Å²) in [5, 5.41) is 18.0. The maximum absolute atomic E-state index is 11.0. The van der Waals surface area contributed by atoms with E-state index < -0.39 is 36.0 Å². The number of carboxylic acids is 2. The number of hydrogen-bond donors (Lipinski definition) is 2. The molecule has 0 spiro atoms. The van der Waals surface area contributed by atoms with Crippen LogP contribution in [0.1, 0.15) is 26.7 Å². The van der Waals surface area contributed by atoms with E-state index in [1.54, 1.807) is 13.8 Å². The Labute approximate surface area is 88.0 Å². The number of carboxylic acid groups (broad SMARTS) is 2. The van der Waals surface area contributed by atoms with Crippen molar-refractivity contribution in [1.82, 2.24) is 0 Å². The van der Waals surface area contributed by atoms with Crippen LogP contribution in [0.3, 0.4) is 0 Å². The summed E-state index contributed by atoms with van der Waals surface area (Å²) in [6.07, 6.45) is 0.0937. The van der Waals surface area contributed by atoms with Crippen molar-refractivity contribution in [2.24, 2.45) is 11.8 Å². The average Bonchev–Trinajstić information content (AvgIpc) is 2.55. The summed E-state index contributed by atoms with van der Waals surface area (Å²) in [6.45, 7) is 3.61. The number of rotatable bonds is 4. The van der Waals surface area contributed by atoms with Crippen molar-refractivity contribution in [3.8, 4) is 0 Å². The van der Waals surface area contributed by atoms with Crippen molar-refractivity contribution in [2.75, 3.05) is 0 Å². The van der Waals surface area contributed by atoms with Crippen molar-refractivity contribution in [2.45, 2.75) is 38.9 Å². The highest BCUT2D eigenvalue weighted by molar-refractivity contribution is 5.81. The molecule has 0 aromatic rings. The van der Waals surface area contributed by atoms with Crippen molar-refractivity contribution in [3.63, 3.8) is 0 Å². The van der Waals surface area contributed by atoms with Crippen molar-refractivity contribution < 1.29 is 24.5 Å². The lowest BCUT2D eigenvalue weighted by Crippen LogP contribution is -2.34. The van der Waals surface area contributed by atoms with Gasteiger partial charge in [-0.15, -0.1) is 0 Å². The summed E-state index contributed by atoms with van der Waals surface area (Å²) in [4.78, 5) is 22.0. The quantitative estimate of drug-likeness (QED) is 0.731. The molecule has 0 aromatic carbocycles. The zero-order chi connectivity index (χ0) is 11.6. The molecule has 0 aliphatic carbocycles. The molecule has 86 valence electrons. The van der Waals surface area contributed by atoms with Gasteiger partial charge in [-0.25, -0.2) is 0 Å². The maximum Gasteiger partial charge on any atom is 0.310 e. The van der Waals surface area contributed by atoms with E-state index in [4.69, 9.17) is 14.9 Å². The van der Waals surface area contributed by atoms with E-state index in [1.165, 1.54) is 0 Å². The Morgan fingerprint density at radius 1 is 1.00 bits per heavy atom. The van der Waals surface area contributed by atoms with Crippen molar-refractivity contribution in [1.29, 1.82) is 0 Å². The summed E-state index contributed by atoms with van der Waals surface area (Å²) in [5.74, 6) is -4.00. The summed E-state index contributed by atoms with van der Waals surface area (Å²) in [6, 6.07) is 0. The van der Waals surface area contributed by atoms with Crippen LogP contribution in [-0.2, 0) is 14.3 Å². The number of hydrogen-bond acceptors (Lipinski definition) is 3. The third-order valence-electron chi connectivity index (χ3n) is 2.91. The SMILES string of the molecule is CCC1OC(CC)C(C(=O)O)C1C(=O)O. The molecular formula is C10H16O5. The van der Waals surface area contributed by atoms with Gasteiger partial charge in [0.05, 0.1) is 24.0 Å². The first-order valence-electron chi connectivity index (χ1n) is 5.13. The van der Waals surface area contributed by atoms with Crippen LogP contribution >= 0.6 is 0 Å². The minimum Gasteiger partial charge on any atom is -0.481 e. The standard InChI is InChI=1S/C10H16O5/c1-3-5-7(9(11)12)8(10(13)14)6(4-2)15-5/h5-8H,3-4H2,1-2H3,(H,11,12)(H,13,14). The molecule has 15 heavy (non-hydrogen) atoms. The topological polar surface area (TPSA) is 83.8 Å². The van der Waals surface area contributed by atoms with Gasteiger partial charge in [-0.2, -0.15) is 0 Å². The summed E-state index contributed by atoms with van der Waals surface area (Å²) >= 11 is 0. The van der Waals surface area contributed by atoms with Gasteiger partial charge in [-0.05, 0) is 12.8 Å². The zero-order valence-electron chi connectivity index (χ0n) is 8.84. The Balaban J connectivity index is 2.95. The van der Waals surface area contributed by atoms with Gasteiger partial charge in [0.2, 0.25) is 0 Å². The molecule has 4 unspecified atom stereocenters. The number of aliphatic carboxylic acids is 2. The molecule has 5 heteroatoms. The molecule has 0 amide bonds. The molecule has 5 nitrogen and oxygen atoms in total. The second-order valence-corrected chi connectivity index (χ2v) is 3.76. The van der Waals surface area contributed by atoms with Crippen LogP contribution in [0, 0.1) is 11.8 Å². The molecule has 2 N–H and O–H groups in total. The molecule has 1 saturated heterocycles. The van der Waals surface area contributed by atoms with E-state index in [-0.39, 0.29) is 0 Å². The van der Waals surface area contributed by atoms with Crippen molar-refractivity contribution in [3.05, 3.63) is 0 Å². The molecule has 1 rings (SSSR count). The fourth-order valence-electron chi connectivity index (χ4n) is 2.18. The summed E-state index contributed by atoms with van der Waals surface area (Å²) in [5.41, 5.74) is 0. The molecule has 0 radical (unpaired) electrons. The molecule has 1 aliphatic heterocycles. The maximum atomic E-state index is 11.0. The highest BCUT2D eigenvalue weighted by Gasteiger charge is 2.50. The molecule has 0 aromatic heterocycles. The molecule has 4 atom stereocenters. The van der Waals surface area contributed by atoms with Crippen LogP contribution in [0.15, 0.2) is 0 Å². The van der Waals surface area contributed by atoms with Crippen LogP contribution in [0.2, 0.25) is 0 Å². The van der Waals surface area contributed by atoms with E-state index in [0.29, 0.717) is 12.8 Å². The molecular weight excluding hydrogens is 200 g/mol. The smallest absolute Gasteiger partial charge is 0.310 e. The van der Waals surface area contributed by atoms with E-state index in [2.05, 4.69) is 0 Å². The summed E-state index contributed by atoms with van der Waals surface area (Å²) < 4.78 is 5.45. The van der Waals surface area contributed by atoms with E-state index in [1.807, 2.05) is 0 Å². The molecule has 1 heterocycles. The minimum atomic E-state index is -1.08. The number of ether oxygens (including phenoxy) is 1. The van der Waals surface area contributed by atoms with Crippen LogP contribution in [0.25, 0.3) is 0 Å². The van der Waals surface area contributed by atoms with E-state index in [9.17, 15) is 9.59 Å². The fraction of sp³-hybridized carbons (Fsp3) is 0.800. The predicted molar refractivity (Wildman–Crippen MR) is 51.5 cm³/mol. The van der Waals surface area contributed by atoms with Gasteiger partial charge in [-0.3, -0.25) is 9.59 Å². The first kappa shape index (κ1) is 12.0. The van der Waals surface area contributed by atoms with Gasteiger partial charge in [-0.1, -0.05) is 13.8 Å². The first-order chi connectivity index (χ1) is 7.02. The van der Waals surface area contributed by atoms with E-state index in [0.717, 1.165) is 0 Å². The lowest BCUT2D eigenvalue weighted by Gasteiger charge is -2.15. The third kappa shape index (κ3) is 2.12. The Hall–Kier alpha value is -1.10. The predicted octanol–water partition coefficient (Wildman–Crippen LogP) is 0.975. The zero-order valence-corrected chi connectivity index (χ0v) is 8.84. The van der Waals surface area contributed by atoms with Gasteiger partial charge in [0, 0.05) is 0 Å². The van der Waals surface area contributed by atoms with Gasteiger partial charge >= 0.3 is 11.9 Å². The second-order valence-electron chi connectivity index (χ2n) is 3.76. The lowest BCUT2D eigenvalue weighted by atomic mass is 9.85. The highest BCUT2D eigenvalue weighted by atomic mass is 16.5. The van der Waals surface area contributed by atoms with Gasteiger partial charge in [0.1, 0.15) is 0 Å². The third-order valence-corrected chi connectivity index (χ3v) is 2.91. The molecule has 0 bridgehead atoms. The van der Waals surface area contributed by atoms with Crippen LogP contribution in [0.5, 0.6) is 0 Å².